The second-order valence-electron chi connectivity index (χ2n) is 8.96. The summed E-state index contributed by atoms with van der Waals surface area (Å²) in [6.45, 7) is 5.41. The number of aromatic nitrogens is 4. The summed E-state index contributed by atoms with van der Waals surface area (Å²) in [6, 6.07) is 7.58. The highest BCUT2D eigenvalue weighted by Crippen LogP contribution is 2.17. The van der Waals surface area contributed by atoms with E-state index in [1.54, 1.807) is 25.8 Å². The van der Waals surface area contributed by atoms with Crippen LogP contribution in [0.2, 0.25) is 0 Å². The Morgan fingerprint density at radius 1 is 1.00 bits per heavy atom. The van der Waals surface area contributed by atoms with E-state index in [2.05, 4.69) is 14.8 Å². The van der Waals surface area contributed by atoms with Crippen LogP contribution in [-0.2, 0) is 20.6 Å². The summed E-state index contributed by atoms with van der Waals surface area (Å²) >= 11 is 0. The zero-order valence-electron chi connectivity index (χ0n) is 20.6. The molecule has 0 amide bonds. The highest BCUT2D eigenvalue weighted by Gasteiger charge is 2.21. The van der Waals surface area contributed by atoms with Crippen LogP contribution in [-0.4, -0.2) is 92.7 Å². The van der Waals surface area contributed by atoms with Gasteiger partial charge in [0.25, 0.3) is 5.56 Å². The number of hydrogen-bond acceptors (Lipinski definition) is 8. The number of benzene rings is 1. The Morgan fingerprint density at radius 3 is 2.34 bits per heavy atom. The lowest BCUT2D eigenvalue weighted by atomic mass is 10.2. The number of aliphatic hydroxyl groups is 1. The first-order valence-electron chi connectivity index (χ1n) is 11.9. The molecule has 2 aromatic heterocycles. The summed E-state index contributed by atoms with van der Waals surface area (Å²) < 4.78 is 15.0. The first-order chi connectivity index (χ1) is 16.9. The van der Waals surface area contributed by atoms with Crippen molar-refractivity contribution in [3.63, 3.8) is 0 Å². The maximum Gasteiger partial charge on any atom is 0.332 e. The molecule has 1 saturated heterocycles. The van der Waals surface area contributed by atoms with Gasteiger partial charge in [0.1, 0.15) is 11.5 Å². The average molecular weight is 487 g/mol. The van der Waals surface area contributed by atoms with E-state index in [0.29, 0.717) is 24.3 Å². The third kappa shape index (κ3) is 5.75. The van der Waals surface area contributed by atoms with Crippen LogP contribution in [0.3, 0.4) is 0 Å². The molecule has 3 heterocycles. The fourth-order valence-electron chi connectivity index (χ4n) is 4.47. The van der Waals surface area contributed by atoms with Crippen LogP contribution in [0.15, 0.2) is 40.2 Å². The molecule has 1 aliphatic rings. The molecule has 4 rings (SSSR count). The van der Waals surface area contributed by atoms with Gasteiger partial charge in [-0.25, -0.2) is 9.78 Å². The maximum atomic E-state index is 12.8. The van der Waals surface area contributed by atoms with Gasteiger partial charge in [-0.3, -0.25) is 18.8 Å². The molecule has 1 aliphatic heterocycles. The molecule has 0 radical (unpaired) electrons. The lowest BCUT2D eigenvalue weighted by Gasteiger charge is -2.35. The van der Waals surface area contributed by atoms with Crippen molar-refractivity contribution in [3.05, 3.63) is 51.4 Å². The monoisotopic (exact) mass is 486 g/mol. The Balaban J connectivity index is 1.21. The molecular formula is C24H34N6O5. The standard InChI is InChI=1S/C24H34N6O5/c1-26-17-25-22-21(26)23(32)30(24(33)27(22)2)16-18(31)15-29-12-10-28(11-13-29)9-4-14-35-20-7-5-19(34-3)6-8-20/h5-8,17-18,31H,4,9-16H2,1-3H3. The third-order valence-electron chi connectivity index (χ3n) is 6.48. The second kappa shape index (κ2) is 11.1. The largest absolute Gasteiger partial charge is 0.497 e. The number of piperazine rings is 1. The van der Waals surface area contributed by atoms with Crippen LogP contribution in [0.4, 0.5) is 0 Å². The number of rotatable bonds is 10. The van der Waals surface area contributed by atoms with Crippen molar-refractivity contribution in [2.75, 3.05) is 53.0 Å². The van der Waals surface area contributed by atoms with Gasteiger partial charge in [0.2, 0.25) is 0 Å². The molecule has 0 saturated carbocycles. The second-order valence-corrected chi connectivity index (χ2v) is 8.96. The molecule has 190 valence electrons. The predicted molar refractivity (Wildman–Crippen MR) is 132 cm³/mol. The number of aliphatic hydroxyl groups excluding tert-OH is 1. The molecule has 1 aromatic carbocycles. The number of imidazole rings is 1. The van der Waals surface area contributed by atoms with Crippen LogP contribution >= 0.6 is 0 Å². The fraction of sp³-hybridized carbons (Fsp3) is 0.542. The Hall–Kier alpha value is -3.15. The molecular weight excluding hydrogens is 452 g/mol. The van der Waals surface area contributed by atoms with Crippen molar-refractivity contribution in [1.82, 2.24) is 28.5 Å². The topological polar surface area (TPSA) is 107 Å². The molecule has 0 spiro atoms. The summed E-state index contributed by atoms with van der Waals surface area (Å²) in [6.07, 6.45) is 1.62. The van der Waals surface area contributed by atoms with Crippen molar-refractivity contribution >= 4 is 11.2 Å². The van der Waals surface area contributed by atoms with Gasteiger partial charge >= 0.3 is 5.69 Å². The average Bonchev–Trinajstić information content (AvgIpc) is 3.26. The maximum absolute atomic E-state index is 12.8. The summed E-state index contributed by atoms with van der Waals surface area (Å²) in [4.78, 5) is 34.2. The minimum absolute atomic E-state index is 0.0461. The van der Waals surface area contributed by atoms with E-state index in [0.717, 1.165) is 55.2 Å². The molecule has 0 bridgehead atoms. The highest BCUT2D eigenvalue weighted by atomic mass is 16.5. The van der Waals surface area contributed by atoms with E-state index < -0.39 is 17.4 Å². The number of nitrogens with zero attached hydrogens (tertiary/aromatic N) is 6. The molecule has 0 aliphatic carbocycles. The summed E-state index contributed by atoms with van der Waals surface area (Å²) in [5, 5.41) is 10.7. The van der Waals surface area contributed by atoms with E-state index in [9.17, 15) is 14.7 Å². The zero-order valence-corrected chi connectivity index (χ0v) is 20.6. The normalized spacial score (nSPS) is 16.0. The van der Waals surface area contributed by atoms with Gasteiger partial charge < -0.3 is 24.0 Å². The van der Waals surface area contributed by atoms with Crippen LogP contribution in [0.1, 0.15) is 6.42 Å². The smallest absolute Gasteiger partial charge is 0.332 e. The van der Waals surface area contributed by atoms with Gasteiger partial charge in [-0.15, -0.1) is 0 Å². The minimum Gasteiger partial charge on any atom is -0.497 e. The van der Waals surface area contributed by atoms with E-state index in [1.165, 1.54) is 10.9 Å². The van der Waals surface area contributed by atoms with E-state index in [-0.39, 0.29) is 6.54 Å². The van der Waals surface area contributed by atoms with Gasteiger partial charge in [-0.2, -0.15) is 0 Å². The van der Waals surface area contributed by atoms with Crippen LogP contribution in [0.25, 0.3) is 11.2 Å². The zero-order chi connectivity index (χ0) is 24.9. The first-order valence-corrected chi connectivity index (χ1v) is 11.9. The van der Waals surface area contributed by atoms with Gasteiger partial charge in [0, 0.05) is 53.4 Å². The van der Waals surface area contributed by atoms with Crippen molar-refractivity contribution in [2.45, 2.75) is 19.1 Å². The number of aryl methyl sites for hydroxylation is 2. The van der Waals surface area contributed by atoms with E-state index >= 15 is 0 Å². The van der Waals surface area contributed by atoms with Crippen molar-refractivity contribution < 1.29 is 14.6 Å². The van der Waals surface area contributed by atoms with E-state index in [1.807, 2.05) is 24.3 Å². The fourth-order valence-corrected chi connectivity index (χ4v) is 4.47. The van der Waals surface area contributed by atoms with Crippen molar-refractivity contribution in [3.8, 4) is 11.5 Å². The Kier molecular flexibility index (Phi) is 7.89. The van der Waals surface area contributed by atoms with E-state index in [4.69, 9.17) is 9.47 Å². The molecule has 11 heteroatoms. The highest BCUT2D eigenvalue weighted by molar-refractivity contribution is 5.69. The lowest BCUT2D eigenvalue weighted by Crippen LogP contribution is -2.50. The molecule has 1 fully saturated rings. The molecule has 1 unspecified atom stereocenters. The van der Waals surface area contributed by atoms with Crippen molar-refractivity contribution in [2.24, 2.45) is 14.1 Å². The van der Waals surface area contributed by atoms with Crippen LogP contribution < -0.4 is 20.7 Å². The lowest BCUT2D eigenvalue weighted by molar-refractivity contribution is 0.0617. The quantitative estimate of drug-likeness (QED) is 0.396. The Labute approximate surface area is 203 Å². The first kappa shape index (κ1) is 25.0. The number of ether oxygens (including phenoxy) is 2. The Bertz CT molecular complexity index is 1240. The summed E-state index contributed by atoms with van der Waals surface area (Å²) in [7, 11) is 4.94. The number of fused-ring (bicyclic) bond motifs is 1. The number of β-amino-alcohol motifs (C(OH)–C–C–N with tert-alkyl or cyclic N) is 1. The third-order valence-corrected chi connectivity index (χ3v) is 6.48. The molecule has 35 heavy (non-hydrogen) atoms. The molecule has 1 atom stereocenters. The summed E-state index contributed by atoms with van der Waals surface area (Å²) in [5.74, 6) is 1.64. The minimum atomic E-state index is -0.824. The molecule has 3 aromatic rings. The van der Waals surface area contributed by atoms with Gasteiger partial charge in [-0.05, 0) is 30.7 Å². The van der Waals surface area contributed by atoms with Gasteiger partial charge in [-0.1, -0.05) is 0 Å². The van der Waals surface area contributed by atoms with Crippen LogP contribution in [0.5, 0.6) is 11.5 Å². The number of methoxy groups -OCH3 is 1. The van der Waals surface area contributed by atoms with Crippen LogP contribution in [0, 0.1) is 0 Å². The van der Waals surface area contributed by atoms with Crippen molar-refractivity contribution in [1.29, 1.82) is 0 Å². The summed E-state index contributed by atoms with van der Waals surface area (Å²) in [5.41, 5.74) is -0.201. The van der Waals surface area contributed by atoms with Gasteiger partial charge in [0.15, 0.2) is 11.2 Å². The Morgan fingerprint density at radius 2 is 1.66 bits per heavy atom. The predicted octanol–water partition coefficient (Wildman–Crippen LogP) is -0.110. The molecule has 11 nitrogen and oxygen atoms in total. The van der Waals surface area contributed by atoms with Gasteiger partial charge in [0.05, 0.1) is 32.7 Å². The molecule has 1 N–H and O–H groups in total. The SMILES string of the molecule is COc1ccc(OCCCN2CCN(CC(O)Cn3c(=O)c4c(ncn4C)n(C)c3=O)CC2)cc1. The number of hydrogen-bond donors (Lipinski definition) is 1.